The Morgan fingerprint density at radius 3 is 2.62 bits per heavy atom. The fourth-order valence-corrected chi connectivity index (χ4v) is 3.11. The number of amides is 1. The fourth-order valence-electron chi connectivity index (χ4n) is 3.11. The summed E-state index contributed by atoms with van der Waals surface area (Å²) in [5.74, 6) is 0.242. The highest BCUT2D eigenvalue weighted by Crippen LogP contribution is 2.31. The van der Waals surface area contributed by atoms with Crippen LogP contribution >= 0.6 is 0 Å². The molecule has 4 heteroatoms. The summed E-state index contributed by atoms with van der Waals surface area (Å²) >= 11 is 0. The first-order chi connectivity index (χ1) is 9.94. The summed E-state index contributed by atoms with van der Waals surface area (Å²) in [5, 5.41) is 3.05. The lowest BCUT2D eigenvalue weighted by Gasteiger charge is -2.27. The lowest BCUT2D eigenvalue weighted by Crippen LogP contribution is -2.41. The predicted molar refractivity (Wildman–Crippen MR) is 82.3 cm³/mol. The van der Waals surface area contributed by atoms with E-state index in [0.29, 0.717) is 19.0 Å². The molecule has 2 atom stereocenters. The van der Waals surface area contributed by atoms with Crippen molar-refractivity contribution < 1.29 is 9.18 Å². The van der Waals surface area contributed by atoms with E-state index in [1.165, 1.54) is 12.1 Å². The maximum Gasteiger partial charge on any atom is 0.223 e. The second-order valence-electron chi connectivity index (χ2n) is 6.64. The van der Waals surface area contributed by atoms with Gasteiger partial charge in [-0.15, -0.1) is 0 Å². The molecule has 0 radical (unpaired) electrons. The number of hydrogen-bond donors (Lipinski definition) is 2. The van der Waals surface area contributed by atoms with Gasteiger partial charge in [-0.05, 0) is 43.0 Å². The molecule has 1 fully saturated rings. The summed E-state index contributed by atoms with van der Waals surface area (Å²) < 4.78 is 13.0. The number of rotatable bonds is 5. The highest BCUT2D eigenvalue weighted by molar-refractivity contribution is 5.79. The minimum Gasteiger partial charge on any atom is -0.355 e. The van der Waals surface area contributed by atoms with E-state index in [4.69, 9.17) is 5.73 Å². The van der Waals surface area contributed by atoms with Crippen molar-refractivity contribution in [2.75, 3.05) is 13.1 Å². The summed E-state index contributed by atoms with van der Waals surface area (Å²) in [6.45, 7) is 5.23. The third-order valence-corrected chi connectivity index (χ3v) is 4.63. The average Bonchev–Trinajstić information content (AvgIpc) is 2.94. The van der Waals surface area contributed by atoms with Crippen LogP contribution in [0, 0.1) is 17.7 Å². The zero-order valence-electron chi connectivity index (χ0n) is 12.9. The summed E-state index contributed by atoms with van der Waals surface area (Å²) in [4.78, 5) is 12.3. The number of nitrogens with one attached hydrogen (secondary N) is 1. The minimum atomic E-state index is -0.240. The Morgan fingerprint density at radius 1 is 1.33 bits per heavy atom. The van der Waals surface area contributed by atoms with E-state index >= 15 is 0 Å². The van der Waals surface area contributed by atoms with E-state index < -0.39 is 0 Å². The topological polar surface area (TPSA) is 55.1 Å². The van der Waals surface area contributed by atoms with Gasteiger partial charge in [-0.2, -0.15) is 0 Å². The van der Waals surface area contributed by atoms with E-state index in [0.717, 1.165) is 24.8 Å². The standard InChI is InChI=1S/C17H25FN2O/c1-17(2,13-6-8-14(18)9-7-13)11-20-16(21)15-5-3-4-12(15)10-19/h6-9,12,15H,3-5,10-11,19H2,1-2H3,(H,20,21)/t12-,15-/m1/s1. The van der Waals surface area contributed by atoms with Crippen molar-refractivity contribution in [1.29, 1.82) is 0 Å². The molecular weight excluding hydrogens is 267 g/mol. The van der Waals surface area contributed by atoms with Gasteiger partial charge in [-0.3, -0.25) is 4.79 Å². The summed E-state index contributed by atoms with van der Waals surface area (Å²) in [7, 11) is 0. The first kappa shape index (κ1) is 16.0. The Bertz CT molecular complexity index is 484. The monoisotopic (exact) mass is 292 g/mol. The lowest BCUT2D eigenvalue weighted by molar-refractivity contribution is -0.126. The van der Waals surface area contributed by atoms with Gasteiger partial charge in [0.15, 0.2) is 0 Å². The molecule has 21 heavy (non-hydrogen) atoms. The van der Waals surface area contributed by atoms with Gasteiger partial charge in [0.05, 0.1) is 0 Å². The van der Waals surface area contributed by atoms with Gasteiger partial charge in [-0.1, -0.05) is 32.4 Å². The van der Waals surface area contributed by atoms with Crippen LogP contribution in [-0.2, 0) is 10.2 Å². The molecule has 0 heterocycles. The van der Waals surface area contributed by atoms with E-state index in [1.807, 2.05) is 0 Å². The summed E-state index contributed by atoms with van der Waals surface area (Å²) in [6, 6.07) is 6.47. The number of benzene rings is 1. The van der Waals surface area contributed by atoms with Crippen LogP contribution in [0.3, 0.4) is 0 Å². The molecule has 1 amide bonds. The SMILES string of the molecule is CC(C)(CNC(=O)[C@@H]1CCC[C@@H]1CN)c1ccc(F)cc1. The number of nitrogens with two attached hydrogens (primary N) is 1. The first-order valence-electron chi connectivity index (χ1n) is 7.68. The maximum absolute atomic E-state index is 13.0. The lowest BCUT2D eigenvalue weighted by atomic mass is 9.84. The van der Waals surface area contributed by atoms with Crippen molar-refractivity contribution in [3.8, 4) is 0 Å². The van der Waals surface area contributed by atoms with Gasteiger partial charge in [-0.25, -0.2) is 4.39 Å². The molecule has 116 valence electrons. The molecule has 2 rings (SSSR count). The highest BCUT2D eigenvalue weighted by atomic mass is 19.1. The Balaban J connectivity index is 1.95. The van der Waals surface area contributed by atoms with Crippen LogP contribution in [0.2, 0.25) is 0 Å². The van der Waals surface area contributed by atoms with Crippen LogP contribution in [0.25, 0.3) is 0 Å². The largest absolute Gasteiger partial charge is 0.355 e. The average molecular weight is 292 g/mol. The third-order valence-electron chi connectivity index (χ3n) is 4.63. The van der Waals surface area contributed by atoms with Crippen LogP contribution < -0.4 is 11.1 Å². The van der Waals surface area contributed by atoms with Gasteiger partial charge >= 0.3 is 0 Å². The van der Waals surface area contributed by atoms with Crippen LogP contribution in [0.5, 0.6) is 0 Å². The molecule has 3 N–H and O–H groups in total. The second-order valence-corrected chi connectivity index (χ2v) is 6.64. The number of halogens is 1. The smallest absolute Gasteiger partial charge is 0.223 e. The summed E-state index contributed by atoms with van der Waals surface area (Å²) in [5.41, 5.74) is 6.53. The maximum atomic E-state index is 13.0. The zero-order valence-corrected chi connectivity index (χ0v) is 12.9. The van der Waals surface area contributed by atoms with Crippen LogP contribution in [0.1, 0.15) is 38.7 Å². The molecule has 0 unspecified atom stereocenters. The van der Waals surface area contributed by atoms with Crippen LogP contribution in [0.15, 0.2) is 24.3 Å². The van der Waals surface area contributed by atoms with E-state index in [1.54, 1.807) is 12.1 Å². The molecule has 1 aliphatic carbocycles. The van der Waals surface area contributed by atoms with Crippen molar-refractivity contribution in [1.82, 2.24) is 5.32 Å². The molecule has 1 aliphatic rings. The molecule has 0 spiro atoms. The van der Waals surface area contributed by atoms with Gasteiger partial charge in [0, 0.05) is 17.9 Å². The number of hydrogen-bond acceptors (Lipinski definition) is 2. The number of carbonyl (C=O) groups is 1. The molecule has 0 aliphatic heterocycles. The molecule has 0 bridgehead atoms. The quantitative estimate of drug-likeness (QED) is 0.876. The predicted octanol–water partition coefficient (Wildman–Crippen LogP) is 2.59. The molecule has 1 saturated carbocycles. The van der Waals surface area contributed by atoms with Crippen molar-refractivity contribution in [2.45, 2.75) is 38.5 Å². The third kappa shape index (κ3) is 3.82. The van der Waals surface area contributed by atoms with E-state index in [-0.39, 0.29) is 23.1 Å². The molecule has 1 aromatic carbocycles. The van der Waals surface area contributed by atoms with Gasteiger partial charge in [0.1, 0.15) is 5.82 Å². The zero-order chi connectivity index (χ0) is 15.5. The molecule has 0 saturated heterocycles. The van der Waals surface area contributed by atoms with Crippen molar-refractivity contribution in [2.24, 2.45) is 17.6 Å². The first-order valence-corrected chi connectivity index (χ1v) is 7.68. The molecule has 3 nitrogen and oxygen atoms in total. The Morgan fingerprint density at radius 2 is 2.00 bits per heavy atom. The van der Waals surface area contributed by atoms with Gasteiger partial charge in [0.2, 0.25) is 5.91 Å². The molecule has 0 aromatic heterocycles. The van der Waals surface area contributed by atoms with Crippen molar-refractivity contribution >= 4 is 5.91 Å². The molecular formula is C17H25FN2O. The number of carbonyl (C=O) groups excluding carboxylic acids is 1. The van der Waals surface area contributed by atoms with E-state index in [9.17, 15) is 9.18 Å². The van der Waals surface area contributed by atoms with Crippen LogP contribution in [0.4, 0.5) is 4.39 Å². The minimum absolute atomic E-state index is 0.0546. The van der Waals surface area contributed by atoms with Crippen LogP contribution in [-0.4, -0.2) is 19.0 Å². The molecule has 1 aromatic rings. The van der Waals surface area contributed by atoms with Gasteiger partial charge < -0.3 is 11.1 Å². The Hall–Kier alpha value is -1.42. The highest BCUT2D eigenvalue weighted by Gasteiger charge is 2.32. The Kier molecular flexibility index (Phi) is 4.99. The second kappa shape index (κ2) is 6.56. The van der Waals surface area contributed by atoms with E-state index in [2.05, 4.69) is 19.2 Å². The van der Waals surface area contributed by atoms with Crippen molar-refractivity contribution in [3.63, 3.8) is 0 Å². The van der Waals surface area contributed by atoms with Crippen molar-refractivity contribution in [3.05, 3.63) is 35.6 Å². The van der Waals surface area contributed by atoms with Gasteiger partial charge in [0.25, 0.3) is 0 Å². The fraction of sp³-hybridized carbons (Fsp3) is 0.588. The Labute approximate surface area is 126 Å². The summed E-state index contributed by atoms with van der Waals surface area (Å²) in [6.07, 6.45) is 3.07. The normalized spacial score (nSPS) is 22.3.